The third kappa shape index (κ3) is 4.03. The largest absolute Gasteiger partial charge is 0.425 e. The number of para-hydroxylation sites is 2. The minimum absolute atomic E-state index is 0. The number of halogens is 2. The second-order valence-corrected chi connectivity index (χ2v) is 5.66. The van der Waals surface area contributed by atoms with E-state index >= 15 is 0 Å². The Bertz CT molecular complexity index is 961. The maximum absolute atomic E-state index is 12.2. The maximum Gasteiger partial charge on any atom is 0.331 e. The van der Waals surface area contributed by atoms with E-state index in [0.29, 0.717) is 17.3 Å². The van der Waals surface area contributed by atoms with Crippen molar-refractivity contribution in [2.24, 2.45) is 0 Å². The predicted molar refractivity (Wildman–Crippen MR) is 103 cm³/mol. The van der Waals surface area contributed by atoms with Gasteiger partial charge in [0.25, 0.3) is 0 Å². The van der Waals surface area contributed by atoms with E-state index in [9.17, 15) is 4.79 Å². The average molecular weight is 423 g/mol. The SMILES string of the molecule is Br.C=CCn1c(=N)n(CC(=O)Oc2ccc(Cl)cc2)c2ccccc21. The first-order valence-electron chi connectivity index (χ1n) is 7.40. The summed E-state index contributed by atoms with van der Waals surface area (Å²) in [5, 5.41) is 8.91. The highest BCUT2D eigenvalue weighted by molar-refractivity contribution is 8.93. The van der Waals surface area contributed by atoms with Gasteiger partial charge in [-0.25, -0.2) is 4.79 Å². The van der Waals surface area contributed by atoms with E-state index in [1.54, 1.807) is 39.5 Å². The number of nitrogens with one attached hydrogen (secondary N) is 1. The molecule has 3 aromatic rings. The molecule has 5 nitrogen and oxygen atoms in total. The molecule has 0 saturated heterocycles. The molecule has 3 rings (SSSR count). The number of hydrogen-bond acceptors (Lipinski definition) is 3. The van der Waals surface area contributed by atoms with E-state index in [1.165, 1.54) is 0 Å². The molecule has 1 heterocycles. The number of hydrogen-bond donors (Lipinski definition) is 1. The third-order valence-electron chi connectivity index (χ3n) is 3.62. The van der Waals surface area contributed by atoms with Crippen molar-refractivity contribution in [1.82, 2.24) is 9.13 Å². The highest BCUT2D eigenvalue weighted by atomic mass is 79.9. The van der Waals surface area contributed by atoms with Crippen molar-refractivity contribution < 1.29 is 9.53 Å². The zero-order valence-corrected chi connectivity index (χ0v) is 15.8. The highest BCUT2D eigenvalue weighted by Crippen LogP contribution is 2.17. The number of carbonyl (C=O) groups excluding carboxylic acids is 1. The first kappa shape index (κ1) is 19.0. The van der Waals surface area contributed by atoms with Gasteiger partial charge in [0.05, 0.1) is 11.0 Å². The van der Waals surface area contributed by atoms with Crippen molar-refractivity contribution in [3.63, 3.8) is 0 Å². The van der Waals surface area contributed by atoms with Crippen LogP contribution in [0, 0.1) is 5.41 Å². The van der Waals surface area contributed by atoms with E-state index < -0.39 is 5.97 Å². The number of nitrogens with zero attached hydrogens (tertiary/aromatic N) is 2. The Morgan fingerprint density at radius 1 is 1.12 bits per heavy atom. The number of ether oxygens (including phenoxy) is 1. The fourth-order valence-corrected chi connectivity index (χ4v) is 2.69. The van der Waals surface area contributed by atoms with Gasteiger partial charge in [-0.2, -0.15) is 0 Å². The Kier molecular flexibility index (Phi) is 6.22. The average Bonchev–Trinajstić information content (AvgIpc) is 2.83. The molecule has 0 aliphatic rings. The van der Waals surface area contributed by atoms with Gasteiger partial charge in [0, 0.05) is 11.6 Å². The lowest BCUT2D eigenvalue weighted by atomic mass is 10.3. The molecule has 0 unspecified atom stereocenters. The summed E-state index contributed by atoms with van der Waals surface area (Å²) in [4.78, 5) is 12.2. The van der Waals surface area contributed by atoms with Gasteiger partial charge >= 0.3 is 5.97 Å². The van der Waals surface area contributed by atoms with E-state index in [0.717, 1.165) is 11.0 Å². The minimum Gasteiger partial charge on any atom is -0.425 e. The molecular formula is C18H17BrClN3O2. The number of allylic oxidation sites excluding steroid dienone is 1. The van der Waals surface area contributed by atoms with Gasteiger partial charge in [0.2, 0.25) is 5.62 Å². The molecule has 0 spiro atoms. The Morgan fingerprint density at radius 2 is 1.72 bits per heavy atom. The molecule has 0 amide bonds. The predicted octanol–water partition coefficient (Wildman–Crippen LogP) is 3.95. The van der Waals surface area contributed by atoms with Gasteiger partial charge < -0.3 is 9.30 Å². The smallest absolute Gasteiger partial charge is 0.331 e. The van der Waals surface area contributed by atoms with Crippen molar-refractivity contribution in [3.8, 4) is 5.75 Å². The number of fused-ring (bicyclic) bond motifs is 1. The number of carbonyl (C=O) groups is 1. The number of imidazole rings is 1. The minimum atomic E-state index is -0.447. The molecule has 0 saturated carbocycles. The van der Waals surface area contributed by atoms with E-state index in [1.807, 2.05) is 24.3 Å². The summed E-state index contributed by atoms with van der Waals surface area (Å²) in [5.74, 6) is -0.0244. The molecule has 0 fully saturated rings. The molecular weight excluding hydrogens is 406 g/mol. The lowest BCUT2D eigenvalue weighted by molar-refractivity contribution is -0.135. The number of rotatable bonds is 5. The van der Waals surface area contributed by atoms with Crippen LogP contribution in [0.3, 0.4) is 0 Å². The third-order valence-corrected chi connectivity index (χ3v) is 3.87. The van der Waals surface area contributed by atoms with Crippen LogP contribution in [0.5, 0.6) is 5.75 Å². The molecule has 2 aromatic carbocycles. The number of esters is 1. The molecule has 25 heavy (non-hydrogen) atoms. The van der Waals surface area contributed by atoms with Crippen LogP contribution >= 0.6 is 28.6 Å². The number of aromatic nitrogens is 2. The zero-order valence-electron chi connectivity index (χ0n) is 13.3. The van der Waals surface area contributed by atoms with Crippen LogP contribution in [-0.4, -0.2) is 15.1 Å². The summed E-state index contributed by atoms with van der Waals surface area (Å²) in [6.45, 7) is 4.17. The lowest BCUT2D eigenvalue weighted by Gasteiger charge is -2.06. The molecule has 1 N–H and O–H groups in total. The van der Waals surface area contributed by atoms with Crippen molar-refractivity contribution in [2.75, 3.05) is 0 Å². The molecule has 0 radical (unpaired) electrons. The van der Waals surface area contributed by atoms with Crippen LogP contribution in [0.15, 0.2) is 61.2 Å². The first-order valence-corrected chi connectivity index (χ1v) is 7.77. The first-order chi connectivity index (χ1) is 11.6. The molecule has 130 valence electrons. The Morgan fingerprint density at radius 3 is 2.32 bits per heavy atom. The summed E-state index contributed by atoms with van der Waals surface area (Å²) in [6, 6.07) is 14.1. The van der Waals surface area contributed by atoms with Gasteiger partial charge in [-0.3, -0.25) is 9.98 Å². The Labute approximate surface area is 160 Å². The van der Waals surface area contributed by atoms with Crippen LogP contribution in [0.1, 0.15) is 0 Å². The normalized spacial score (nSPS) is 10.3. The summed E-state index contributed by atoms with van der Waals surface area (Å²) in [6.07, 6.45) is 1.72. The quantitative estimate of drug-likeness (QED) is 0.384. The summed E-state index contributed by atoms with van der Waals surface area (Å²) in [5.41, 5.74) is 1.91. The van der Waals surface area contributed by atoms with Crippen molar-refractivity contribution in [2.45, 2.75) is 13.1 Å². The Hall–Kier alpha value is -2.31. The van der Waals surface area contributed by atoms with Crippen LogP contribution in [-0.2, 0) is 17.9 Å². The zero-order chi connectivity index (χ0) is 17.1. The standard InChI is InChI=1S/C18H16ClN3O2.BrH/c1-2-11-21-15-5-3-4-6-16(15)22(18(21)20)12-17(23)24-14-9-7-13(19)8-10-14;/h2-10,20H,1,11-12H2;1H. The highest BCUT2D eigenvalue weighted by Gasteiger charge is 2.14. The van der Waals surface area contributed by atoms with Gasteiger partial charge in [-0.05, 0) is 36.4 Å². The van der Waals surface area contributed by atoms with Gasteiger partial charge in [0.15, 0.2) is 0 Å². The lowest BCUT2D eigenvalue weighted by Crippen LogP contribution is -2.28. The molecule has 7 heteroatoms. The van der Waals surface area contributed by atoms with E-state index in [4.69, 9.17) is 21.7 Å². The summed E-state index contributed by atoms with van der Waals surface area (Å²) in [7, 11) is 0. The van der Waals surface area contributed by atoms with Crippen molar-refractivity contribution >= 4 is 45.6 Å². The second kappa shape index (κ2) is 8.18. The van der Waals surface area contributed by atoms with Crippen molar-refractivity contribution in [3.05, 3.63) is 71.8 Å². The van der Waals surface area contributed by atoms with Crippen LogP contribution in [0.25, 0.3) is 11.0 Å². The fraction of sp³-hybridized carbons (Fsp3) is 0.111. The van der Waals surface area contributed by atoms with Gasteiger partial charge in [0.1, 0.15) is 12.3 Å². The fourth-order valence-electron chi connectivity index (χ4n) is 2.56. The summed E-state index contributed by atoms with van der Waals surface area (Å²) >= 11 is 5.82. The Balaban J connectivity index is 0.00000225. The van der Waals surface area contributed by atoms with Crippen LogP contribution < -0.4 is 10.4 Å². The van der Waals surface area contributed by atoms with Gasteiger partial charge in [-0.15, -0.1) is 23.6 Å². The van der Waals surface area contributed by atoms with Crippen molar-refractivity contribution in [1.29, 1.82) is 5.41 Å². The monoisotopic (exact) mass is 421 g/mol. The molecule has 0 aliphatic heterocycles. The van der Waals surface area contributed by atoms with Crippen LogP contribution in [0.4, 0.5) is 0 Å². The maximum atomic E-state index is 12.2. The number of benzene rings is 2. The molecule has 0 aliphatic carbocycles. The molecule has 0 bridgehead atoms. The van der Waals surface area contributed by atoms with Crippen LogP contribution in [0.2, 0.25) is 5.02 Å². The van der Waals surface area contributed by atoms with E-state index in [-0.39, 0.29) is 29.1 Å². The van der Waals surface area contributed by atoms with Gasteiger partial charge in [-0.1, -0.05) is 29.8 Å². The molecule has 1 aromatic heterocycles. The summed E-state index contributed by atoms with van der Waals surface area (Å²) < 4.78 is 8.73. The molecule has 0 atom stereocenters. The topological polar surface area (TPSA) is 60.0 Å². The second-order valence-electron chi connectivity index (χ2n) is 5.23. The van der Waals surface area contributed by atoms with E-state index in [2.05, 4.69) is 6.58 Å².